The molecule has 1 aliphatic heterocycles. The Morgan fingerprint density at radius 3 is 2.45 bits per heavy atom. The predicted molar refractivity (Wildman–Crippen MR) is 97.9 cm³/mol. The van der Waals surface area contributed by atoms with Crippen molar-refractivity contribution in [3.63, 3.8) is 0 Å². The molecule has 126 valence electrons. The summed E-state index contributed by atoms with van der Waals surface area (Å²) in [6.07, 6.45) is 2.15. The van der Waals surface area contributed by atoms with Gasteiger partial charge in [0.05, 0.1) is 0 Å². The Morgan fingerprint density at radius 2 is 1.95 bits per heavy atom. The van der Waals surface area contributed by atoms with Gasteiger partial charge in [0.1, 0.15) is 0 Å². The van der Waals surface area contributed by atoms with Crippen LogP contribution in [0.15, 0.2) is 24.3 Å². The summed E-state index contributed by atoms with van der Waals surface area (Å²) >= 11 is 0. The topological polar surface area (TPSA) is 44.4 Å². The summed E-state index contributed by atoms with van der Waals surface area (Å²) in [5.74, 6) is 0.0313. The highest BCUT2D eigenvalue weighted by atomic mass is 35.5. The van der Waals surface area contributed by atoms with E-state index in [0.717, 1.165) is 44.6 Å². The fourth-order valence-electron chi connectivity index (χ4n) is 2.61. The number of benzene rings is 1. The van der Waals surface area contributed by atoms with Crippen LogP contribution in [0.1, 0.15) is 37.0 Å². The molecule has 1 heterocycles. The largest absolute Gasteiger partial charge is 0.372 e. The molecule has 2 N–H and O–H groups in total. The lowest BCUT2D eigenvalue weighted by molar-refractivity contribution is 0.0940. The molecule has 1 atom stereocenters. The lowest BCUT2D eigenvalue weighted by atomic mass is 10.1. The van der Waals surface area contributed by atoms with Crippen molar-refractivity contribution < 1.29 is 4.79 Å². The monoisotopic (exact) mass is 347 g/mol. The van der Waals surface area contributed by atoms with Gasteiger partial charge in [-0.15, -0.1) is 24.8 Å². The van der Waals surface area contributed by atoms with Crippen LogP contribution in [-0.4, -0.2) is 38.1 Å². The molecule has 0 bridgehead atoms. The van der Waals surface area contributed by atoms with Gasteiger partial charge in [0.15, 0.2) is 0 Å². The summed E-state index contributed by atoms with van der Waals surface area (Å²) in [4.78, 5) is 14.4. The summed E-state index contributed by atoms with van der Waals surface area (Å²) in [5.41, 5.74) is 1.93. The third-order valence-electron chi connectivity index (χ3n) is 3.77. The van der Waals surface area contributed by atoms with Crippen LogP contribution in [0.4, 0.5) is 5.69 Å². The number of halogens is 2. The molecule has 0 spiro atoms. The number of amides is 1. The first-order valence-corrected chi connectivity index (χ1v) is 7.61. The van der Waals surface area contributed by atoms with Crippen molar-refractivity contribution >= 4 is 36.4 Å². The van der Waals surface area contributed by atoms with E-state index in [2.05, 4.69) is 29.4 Å². The molecule has 1 fully saturated rings. The number of carbonyl (C=O) groups excluding carboxylic acids is 1. The summed E-state index contributed by atoms with van der Waals surface area (Å²) in [6.45, 7) is 8.25. The van der Waals surface area contributed by atoms with E-state index in [4.69, 9.17) is 0 Å². The van der Waals surface area contributed by atoms with Gasteiger partial charge in [-0.05, 0) is 50.6 Å². The number of anilines is 1. The van der Waals surface area contributed by atoms with Crippen LogP contribution in [-0.2, 0) is 0 Å². The maximum absolute atomic E-state index is 12.1. The van der Waals surface area contributed by atoms with Crippen LogP contribution in [0.2, 0.25) is 0 Å². The van der Waals surface area contributed by atoms with Gasteiger partial charge in [-0.25, -0.2) is 0 Å². The smallest absolute Gasteiger partial charge is 0.251 e. The molecular weight excluding hydrogens is 321 g/mol. The summed E-state index contributed by atoms with van der Waals surface area (Å²) < 4.78 is 0. The van der Waals surface area contributed by atoms with E-state index in [1.54, 1.807) is 0 Å². The third kappa shape index (κ3) is 5.67. The lowest BCUT2D eigenvalue weighted by Crippen LogP contribution is -2.36. The van der Waals surface area contributed by atoms with E-state index in [9.17, 15) is 4.79 Å². The van der Waals surface area contributed by atoms with Crippen LogP contribution < -0.4 is 15.5 Å². The Bertz CT molecular complexity index is 434. The van der Waals surface area contributed by atoms with Crippen LogP contribution in [0.3, 0.4) is 0 Å². The van der Waals surface area contributed by atoms with Gasteiger partial charge < -0.3 is 15.5 Å². The van der Waals surface area contributed by atoms with Gasteiger partial charge in [0.2, 0.25) is 0 Å². The maximum Gasteiger partial charge on any atom is 0.251 e. The molecule has 0 saturated carbocycles. The molecule has 1 saturated heterocycles. The van der Waals surface area contributed by atoms with E-state index >= 15 is 0 Å². The zero-order valence-electron chi connectivity index (χ0n) is 13.3. The van der Waals surface area contributed by atoms with E-state index in [-0.39, 0.29) is 36.8 Å². The van der Waals surface area contributed by atoms with Crippen molar-refractivity contribution in [3.05, 3.63) is 29.8 Å². The summed E-state index contributed by atoms with van der Waals surface area (Å²) in [5, 5.41) is 6.32. The second-order valence-electron chi connectivity index (χ2n) is 5.29. The SMILES string of the molecule is CCCN(CC)c1ccc(C(=O)NC2CCNC2)cc1.Cl.Cl. The zero-order valence-corrected chi connectivity index (χ0v) is 14.9. The first-order valence-electron chi connectivity index (χ1n) is 7.61. The summed E-state index contributed by atoms with van der Waals surface area (Å²) in [6, 6.07) is 8.20. The van der Waals surface area contributed by atoms with Crippen LogP contribution in [0.25, 0.3) is 0 Å². The molecule has 1 aliphatic rings. The average molecular weight is 348 g/mol. The molecule has 1 unspecified atom stereocenters. The number of nitrogens with one attached hydrogen (secondary N) is 2. The number of hydrogen-bond acceptors (Lipinski definition) is 3. The fraction of sp³-hybridized carbons (Fsp3) is 0.562. The molecule has 1 amide bonds. The Morgan fingerprint density at radius 1 is 1.27 bits per heavy atom. The standard InChI is InChI=1S/C16H25N3O.2ClH/c1-3-11-19(4-2)15-7-5-13(6-8-15)16(20)18-14-9-10-17-12-14;;/h5-8,14,17H,3-4,9-12H2,1-2H3,(H,18,20);2*1H. The third-order valence-corrected chi connectivity index (χ3v) is 3.77. The number of hydrogen-bond donors (Lipinski definition) is 2. The Labute approximate surface area is 145 Å². The minimum atomic E-state index is 0. The van der Waals surface area contributed by atoms with Crippen LogP contribution >= 0.6 is 24.8 Å². The highest BCUT2D eigenvalue weighted by Crippen LogP contribution is 2.15. The predicted octanol–water partition coefficient (Wildman–Crippen LogP) is 2.86. The fourth-order valence-corrected chi connectivity index (χ4v) is 2.61. The quantitative estimate of drug-likeness (QED) is 0.831. The van der Waals surface area contributed by atoms with Gasteiger partial charge >= 0.3 is 0 Å². The van der Waals surface area contributed by atoms with Gasteiger partial charge in [0.25, 0.3) is 5.91 Å². The van der Waals surface area contributed by atoms with Crippen molar-refractivity contribution in [2.24, 2.45) is 0 Å². The molecule has 22 heavy (non-hydrogen) atoms. The minimum absolute atomic E-state index is 0. The molecule has 4 nitrogen and oxygen atoms in total. The van der Waals surface area contributed by atoms with Crippen molar-refractivity contribution in [1.82, 2.24) is 10.6 Å². The van der Waals surface area contributed by atoms with Crippen molar-refractivity contribution in [3.8, 4) is 0 Å². The number of rotatable bonds is 6. The summed E-state index contributed by atoms with van der Waals surface area (Å²) in [7, 11) is 0. The van der Waals surface area contributed by atoms with E-state index in [1.807, 2.05) is 24.3 Å². The zero-order chi connectivity index (χ0) is 14.4. The Kier molecular flexibility index (Phi) is 10.2. The molecule has 1 aromatic carbocycles. The van der Waals surface area contributed by atoms with Gasteiger partial charge in [-0.3, -0.25) is 4.79 Å². The highest BCUT2D eigenvalue weighted by Gasteiger charge is 2.17. The maximum atomic E-state index is 12.1. The van der Waals surface area contributed by atoms with Crippen molar-refractivity contribution in [1.29, 1.82) is 0 Å². The first kappa shape index (κ1) is 21.0. The number of carbonyl (C=O) groups is 1. The first-order chi connectivity index (χ1) is 9.74. The lowest BCUT2D eigenvalue weighted by Gasteiger charge is -2.22. The second kappa shape index (κ2) is 10.7. The normalized spacial score (nSPS) is 16.4. The molecule has 2 rings (SSSR count). The van der Waals surface area contributed by atoms with Crippen LogP contribution in [0.5, 0.6) is 0 Å². The highest BCUT2D eigenvalue weighted by molar-refractivity contribution is 5.94. The number of nitrogens with zero attached hydrogens (tertiary/aromatic N) is 1. The molecule has 6 heteroatoms. The second-order valence-corrected chi connectivity index (χ2v) is 5.29. The van der Waals surface area contributed by atoms with Gasteiger partial charge in [0, 0.05) is 36.9 Å². The Balaban J connectivity index is 0.00000220. The Hall–Kier alpha value is -0.970. The van der Waals surface area contributed by atoms with E-state index < -0.39 is 0 Å². The van der Waals surface area contributed by atoms with E-state index in [0.29, 0.717) is 0 Å². The molecule has 0 radical (unpaired) electrons. The van der Waals surface area contributed by atoms with Crippen molar-refractivity contribution in [2.75, 3.05) is 31.1 Å². The molecule has 0 aromatic heterocycles. The van der Waals surface area contributed by atoms with Gasteiger partial charge in [-0.1, -0.05) is 6.92 Å². The minimum Gasteiger partial charge on any atom is -0.372 e. The van der Waals surface area contributed by atoms with Crippen molar-refractivity contribution in [2.45, 2.75) is 32.7 Å². The molecule has 1 aromatic rings. The molecular formula is C16H27Cl2N3O. The average Bonchev–Trinajstić information content (AvgIpc) is 2.98. The van der Waals surface area contributed by atoms with Gasteiger partial charge in [-0.2, -0.15) is 0 Å². The molecule has 0 aliphatic carbocycles. The van der Waals surface area contributed by atoms with E-state index in [1.165, 1.54) is 5.69 Å². The van der Waals surface area contributed by atoms with Crippen LogP contribution in [0, 0.1) is 0 Å².